The topological polar surface area (TPSA) is 39.2 Å². The summed E-state index contributed by atoms with van der Waals surface area (Å²) in [4.78, 5) is 18.2. The summed E-state index contributed by atoms with van der Waals surface area (Å²) in [6.07, 6.45) is 1.97. The van der Waals surface area contributed by atoms with E-state index in [0.717, 1.165) is 27.5 Å². The third kappa shape index (κ3) is 3.90. The van der Waals surface area contributed by atoms with Crippen LogP contribution in [0.4, 0.5) is 11.4 Å². The van der Waals surface area contributed by atoms with E-state index in [-0.39, 0.29) is 5.91 Å². The van der Waals surface area contributed by atoms with Crippen molar-refractivity contribution < 1.29 is 4.79 Å². The highest BCUT2D eigenvalue weighted by atomic mass is 32.2. The van der Waals surface area contributed by atoms with Crippen molar-refractivity contribution in [2.24, 2.45) is 5.10 Å². The molecule has 0 saturated carbocycles. The number of hydrazone groups is 1. The van der Waals surface area contributed by atoms with Gasteiger partial charge in [0.25, 0.3) is 11.0 Å². The van der Waals surface area contributed by atoms with Crippen LogP contribution in [0.5, 0.6) is 0 Å². The summed E-state index contributed by atoms with van der Waals surface area (Å²) in [5.74, 6) is -0.0767. The van der Waals surface area contributed by atoms with Gasteiger partial charge in [-0.15, -0.1) is 0 Å². The van der Waals surface area contributed by atoms with Gasteiger partial charge in [0.2, 0.25) is 0 Å². The Morgan fingerprint density at radius 2 is 1.32 bits per heavy atom. The highest BCUT2D eigenvalue weighted by Gasteiger charge is 2.61. The molecule has 6 rings (SSSR count). The normalized spacial score (nSPS) is 20.3. The monoisotopic (exact) mass is 502 g/mol. The van der Waals surface area contributed by atoms with Crippen LogP contribution in [0.3, 0.4) is 0 Å². The molecule has 0 aliphatic carbocycles. The molecular formula is C31H26N4OS. The van der Waals surface area contributed by atoms with Crippen LogP contribution in [0.15, 0.2) is 126 Å². The van der Waals surface area contributed by atoms with Crippen molar-refractivity contribution >= 4 is 40.2 Å². The first-order chi connectivity index (χ1) is 18.1. The number of para-hydroxylation sites is 2. The molecule has 0 radical (unpaired) electrons. The summed E-state index contributed by atoms with van der Waals surface area (Å²) in [6.45, 7) is 2.06. The summed E-state index contributed by atoms with van der Waals surface area (Å²) >= 11 is 1.57. The molecule has 2 aliphatic rings. The number of likely N-dealkylation sites (N-methyl/N-ethyl adjacent to an activating group) is 1. The van der Waals surface area contributed by atoms with Crippen LogP contribution in [0.2, 0.25) is 0 Å². The summed E-state index contributed by atoms with van der Waals surface area (Å²) in [5, 5.41) is 6.98. The van der Waals surface area contributed by atoms with Crippen molar-refractivity contribution in [3.05, 3.63) is 138 Å². The largest absolute Gasteiger partial charge is 0.319 e. The van der Waals surface area contributed by atoms with E-state index in [0.29, 0.717) is 5.70 Å². The van der Waals surface area contributed by atoms with Gasteiger partial charge in [-0.1, -0.05) is 96.6 Å². The standard InChI is InChI=1S/C31H26N4OS/c1-23-18-20-24(21-19-23)22-28-30(36)34(26-14-8-4-9-15-26)31(33(28)2)35(27-16-10-5-11-17-27)32-29(37-31)25-12-6-3-7-13-25/h3-22H,1-2H3. The number of aryl methyl sites for hydroxylation is 1. The van der Waals surface area contributed by atoms with Crippen LogP contribution < -0.4 is 9.91 Å². The van der Waals surface area contributed by atoms with E-state index in [1.54, 1.807) is 11.8 Å². The van der Waals surface area contributed by atoms with E-state index in [1.807, 2.05) is 114 Å². The first kappa shape index (κ1) is 23.1. The van der Waals surface area contributed by atoms with Crippen LogP contribution in [0.1, 0.15) is 16.7 Å². The van der Waals surface area contributed by atoms with Gasteiger partial charge in [-0.05, 0) is 54.6 Å². The quantitative estimate of drug-likeness (QED) is 0.297. The second-order valence-corrected chi connectivity index (χ2v) is 10.2. The van der Waals surface area contributed by atoms with Gasteiger partial charge in [0, 0.05) is 18.3 Å². The van der Waals surface area contributed by atoms with Gasteiger partial charge in [0.1, 0.15) is 10.7 Å². The molecule has 1 saturated heterocycles. The number of rotatable bonds is 4. The molecule has 1 amide bonds. The molecular weight excluding hydrogens is 476 g/mol. The Bertz CT molecular complexity index is 1490. The smallest absolute Gasteiger partial charge is 0.278 e. The zero-order valence-corrected chi connectivity index (χ0v) is 21.5. The lowest BCUT2D eigenvalue weighted by molar-refractivity contribution is -0.114. The molecule has 5 nitrogen and oxygen atoms in total. The van der Waals surface area contributed by atoms with Crippen molar-refractivity contribution in [3.63, 3.8) is 0 Å². The number of hydrogen-bond acceptors (Lipinski definition) is 5. The third-order valence-electron chi connectivity index (χ3n) is 6.63. The average molecular weight is 503 g/mol. The number of thioether (sulfide) groups is 1. The fourth-order valence-corrected chi connectivity index (χ4v) is 6.11. The minimum atomic E-state index is -0.971. The van der Waals surface area contributed by atoms with Gasteiger partial charge in [-0.3, -0.25) is 9.69 Å². The maximum absolute atomic E-state index is 14.3. The first-order valence-electron chi connectivity index (χ1n) is 12.2. The summed E-state index contributed by atoms with van der Waals surface area (Å²) in [6, 6.07) is 38.2. The van der Waals surface area contributed by atoms with E-state index < -0.39 is 5.12 Å². The van der Waals surface area contributed by atoms with E-state index in [2.05, 4.69) is 36.1 Å². The molecule has 1 fully saturated rings. The fourth-order valence-electron chi connectivity index (χ4n) is 4.73. The number of benzene rings is 4. The van der Waals surface area contributed by atoms with Crippen molar-refractivity contribution in [1.29, 1.82) is 0 Å². The Labute approximate surface area is 221 Å². The Morgan fingerprint density at radius 1 is 0.757 bits per heavy atom. The van der Waals surface area contributed by atoms with Crippen molar-refractivity contribution in [2.45, 2.75) is 12.0 Å². The van der Waals surface area contributed by atoms with Gasteiger partial charge < -0.3 is 4.90 Å². The Kier molecular flexibility index (Phi) is 5.81. The molecule has 37 heavy (non-hydrogen) atoms. The van der Waals surface area contributed by atoms with E-state index in [9.17, 15) is 4.79 Å². The molecule has 0 aromatic heterocycles. The van der Waals surface area contributed by atoms with Gasteiger partial charge in [0.05, 0.1) is 5.69 Å². The zero-order valence-electron chi connectivity index (χ0n) is 20.7. The lowest BCUT2D eigenvalue weighted by Crippen LogP contribution is -2.59. The van der Waals surface area contributed by atoms with Crippen molar-refractivity contribution in [2.75, 3.05) is 17.0 Å². The minimum absolute atomic E-state index is 0.0767. The van der Waals surface area contributed by atoms with E-state index in [4.69, 9.17) is 5.10 Å². The van der Waals surface area contributed by atoms with Crippen LogP contribution >= 0.6 is 11.8 Å². The molecule has 4 aromatic carbocycles. The Hall–Kier alpha value is -4.29. The zero-order chi connectivity index (χ0) is 25.4. The number of nitrogens with zero attached hydrogens (tertiary/aromatic N) is 4. The maximum atomic E-state index is 14.3. The highest BCUT2D eigenvalue weighted by molar-refractivity contribution is 8.16. The van der Waals surface area contributed by atoms with Gasteiger partial charge in [0.15, 0.2) is 0 Å². The summed E-state index contributed by atoms with van der Waals surface area (Å²) < 4.78 is 0. The maximum Gasteiger partial charge on any atom is 0.278 e. The lowest BCUT2D eigenvalue weighted by atomic mass is 10.1. The van der Waals surface area contributed by atoms with Crippen LogP contribution in [-0.2, 0) is 4.79 Å². The van der Waals surface area contributed by atoms with Gasteiger partial charge in [-0.25, -0.2) is 5.01 Å². The van der Waals surface area contributed by atoms with Crippen LogP contribution in [0.25, 0.3) is 6.08 Å². The number of carbonyl (C=O) groups is 1. The minimum Gasteiger partial charge on any atom is -0.319 e. The fraction of sp³-hybridized carbons (Fsp3) is 0.0968. The molecule has 1 unspecified atom stereocenters. The molecule has 6 heteroatoms. The summed E-state index contributed by atoms with van der Waals surface area (Å²) in [7, 11) is 1.98. The number of hydrogen-bond donors (Lipinski definition) is 0. The number of amides is 1. The second kappa shape index (κ2) is 9.30. The van der Waals surface area contributed by atoms with Crippen molar-refractivity contribution in [3.8, 4) is 0 Å². The number of carbonyl (C=O) groups excluding carboxylic acids is 1. The Balaban J connectivity index is 1.56. The SMILES string of the molecule is Cc1ccc(C=C2C(=O)N(c3ccccc3)C3(SC(c4ccccc4)=NN3c3ccccc3)N2C)cc1. The van der Waals surface area contributed by atoms with Gasteiger partial charge >= 0.3 is 0 Å². The highest BCUT2D eigenvalue weighted by Crippen LogP contribution is 2.53. The van der Waals surface area contributed by atoms with Crippen molar-refractivity contribution in [1.82, 2.24) is 4.90 Å². The first-order valence-corrected chi connectivity index (χ1v) is 13.0. The molecule has 0 N–H and O–H groups in total. The molecule has 2 aliphatic heterocycles. The third-order valence-corrected chi connectivity index (χ3v) is 8.04. The Morgan fingerprint density at radius 3 is 1.95 bits per heavy atom. The van der Waals surface area contributed by atoms with E-state index in [1.165, 1.54) is 5.56 Å². The van der Waals surface area contributed by atoms with Gasteiger partial charge in [-0.2, -0.15) is 5.10 Å². The second-order valence-electron chi connectivity index (χ2n) is 9.07. The predicted octanol–water partition coefficient (Wildman–Crippen LogP) is 6.54. The molecule has 1 spiro atoms. The van der Waals surface area contributed by atoms with Crippen LogP contribution in [-0.4, -0.2) is 28.0 Å². The molecule has 4 aromatic rings. The van der Waals surface area contributed by atoms with E-state index >= 15 is 0 Å². The molecule has 1 atom stereocenters. The molecule has 0 bridgehead atoms. The number of anilines is 2. The average Bonchev–Trinajstić information content (AvgIpc) is 3.43. The molecule has 2 heterocycles. The lowest BCUT2D eigenvalue weighted by Gasteiger charge is -2.43. The molecule has 182 valence electrons. The predicted molar refractivity (Wildman–Crippen MR) is 153 cm³/mol. The van der Waals surface area contributed by atoms with Crippen LogP contribution in [0, 0.1) is 6.92 Å². The summed E-state index contributed by atoms with van der Waals surface area (Å²) in [5.41, 5.74) is 5.48.